The van der Waals surface area contributed by atoms with Gasteiger partial charge in [-0.3, -0.25) is 9.69 Å². The lowest BCUT2D eigenvalue weighted by Crippen LogP contribution is -2.48. The van der Waals surface area contributed by atoms with Crippen molar-refractivity contribution in [2.24, 2.45) is 11.0 Å². The van der Waals surface area contributed by atoms with Gasteiger partial charge in [-0.2, -0.15) is 5.10 Å². The maximum absolute atomic E-state index is 11.9. The van der Waals surface area contributed by atoms with Crippen molar-refractivity contribution >= 4 is 17.3 Å². The summed E-state index contributed by atoms with van der Waals surface area (Å²) in [7, 11) is 0. The second-order valence-electron chi connectivity index (χ2n) is 5.22. The number of anilines is 1. The topological polar surface area (TPSA) is 70.7 Å². The molecule has 100 valence electrons. The highest BCUT2D eigenvalue weighted by Crippen LogP contribution is 2.24. The fraction of sp³-hybridized carbons (Fsp3) is 0.429. The summed E-state index contributed by atoms with van der Waals surface area (Å²) in [5, 5.41) is 4.31. The molecule has 3 aliphatic rings. The molecule has 0 atom stereocenters. The van der Waals surface area contributed by atoms with Gasteiger partial charge in [0.15, 0.2) is 0 Å². The van der Waals surface area contributed by atoms with Crippen molar-refractivity contribution in [3.05, 3.63) is 29.8 Å². The van der Waals surface area contributed by atoms with Gasteiger partial charge in [0.25, 0.3) is 5.91 Å². The van der Waals surface area contributed by atoms with Crippen LogP contribution >= 0.6 is 0 Å². The summed E-state index contributed by atoms with van der Waals surface area (Å²) in [4.78, 5) is 14.3. The quantitative estimate of drug-likeness (QED) is 0.616. The van der Waals surface area contributed by atoms with Crippen LogP contribution in [0.3, 0.4) is 0 Å². The van der Waals surface area contributed by atoms with Crippen LogP contribution in [0.25, 0.3) is 0 Å². The van der Waals surface area contributed by atoms with Gasteiger partial charge < -0.3 is 5.73 Å². The number of hydrogen-bond acceptors (Lipinski definition) is 4. The third kappa shape index (κ3) is 2.61. The molecule has 0 spiro atoms. The first-order chi connectivity index (χ1) is 9.22. The molecule has 0 saturated carbocycles. The Hall–Kier alpha value is -1.88. The van der Waals surface area contributed by atoms with Gasteiger partial charge in [-0.1, -0.05) is 0 Å². The number of rotatable bonds is 2. The Kier molecular flexibility index (Phi) is 3.21. The predicted octanol–water partition coefficient (Wildman–Crippen LogP) is 1.08. The highest BCUT2D eigenvalue weighted by atomic mass is 16.2. The summed E-state index contributed by atoms with van der Waals surface area (Å²) in [6, 6.07) is 6.86. The van der Waals surface area contributed by atoms with E-state index in [9.17, 15) is 4.79 Å². The molecular formula is C14H18N4O. The maximum Gasteiger partial charge on any atom is 0.271 e. The van der Waals surface area contributed by atoms with Crippen LogP contribution in [0.2, 0.25) is 0 Å². The van der Waals surface area contributed by atoms with Gasteiger partial charge in [-0.15, -0.1) is 0 Å². The minimum absolute atomic E-state index is 0.177. The SMILES string of the molecule is Nc1ccc(C(=O)N/N=C2\CN3CCC2CC3)cc1. The van der Waals surface area contributed by atoms with Gasteiger partial charge in [0.2, 0.25) is 0 Å². The summed E-state index contributed by atoms with van der Waals surface area (Å²) in [6.45, 7) is 3.22. The van der Waals surface area contributed by atoms with Crippen molar-refractivity contribution in [1.29, 1.82) is 0 Å². The van der Waals surface area contributed by atoms with Crippen molar-refractivity contribution in [3.63, 3.8) is 0 Å². The minimum Gasteiger partial charge on any atom is -0.399 e. The van der Waals surface area contributed by atoms with E-state index in [4.69, 9.17) is 5.73 Å². The van der Waals surface area contributed by atoms with Crippen LogP contribution in [0.1, 0.15) is 23.2 Å². The minimum atomic E-state index is -0.177. The number of hydrogen-bond donors (Lipinski definition) is 2. The molecule has 3 saturated heterocycles. The first-order valence-electron chi connectivity index (χ1n) is 6.67. The molecule has 1 aromatic rings. The normalized spacial score (nSPS) is 27.5. The van der Waals surface area contributed by atoms with E-state index in [-0.39, 0.29) is 5.91 Å². The molecular weight excluding hydrogens is 240 g/mol. The molecule has 3 aliphatic heterocycles. The Morgan fingerprint density at radius 1 is 1.26 bits per heavy atom. The van der Waals surface area contributed by atoms with E-state index in [2.05, 4.69) is 15.4 Å². The summed E-state index contributed by atoms with van der Waals surface area (Å²) in [5.74, 6) is 0.376. The Morgan fingerprint density at radius 3 is 2.53 bits per heavy atom. The Bertz CT molecular complexity index is 501. The second-order valence-corrected chi connectivity index (χ2v) is 5.22. The number of nitrogens with zero attached hydrogens (tertiary/aromatic N) is 2. The molecule has 2 bridgehead atoms. The molecule has 0 aliphatic carbocycles. The van der Waals surface area contributed by atoms with Crippen LogP contribution in [-0.4, -0.2) is 36.2 Å². The van der Waals surface area contributed by atoms with Crippen molar-refractivity contribution in [2.45, 2.75) is 12.8 Å². The van der Waals surface area contributed by atoms with E-state index in [1.807, 2.05) is 0 Å². The van der Waals surface area contributed by atoms with Gasteiger partial charge in [-0.25, -0.2) is 5.43 Å². The van der Waals surface area contributed by atoms with Gasteiger partial charge in [0, 0.05) is 23.7 Å². The van der Waals surface area contributed by atoms with Crippen LogP contribution in [0.5, 0.6) is 0 Å². The third-order valence-electron chi connectivity index (χ3n) is 3.92. The van der Waals surface area contributed by atoms with Crippen LogP contribution in [0, 0.1) is 5.92 Å². The largest absolute Gasteiger partial charge is 0.399 e. The predicted molar refractivity (Wildman–Crippen MR) is 74.9 cm³/mol. The number of carbonyl (C=O) groups is 1. The fourth-order valence-corrected chi connectivity index (χ4v) is 2.73. The van der Waals surface area contributed by atoms with E-state index in [1.54, 1.807) is 24.3 Å². The smallest absolute Gasteiger partial charge is 0.271 e. The highest BCUT2D eigenvalue weighted by molar-refractivity contribution is 5.96. The number of hydrazone groups is 1. The molecule has 1 aromatic carbocycles. The van der Waals surface area contributed by atoms with Crippen LogP contribution in [-0.2, 0) is 0 Å². The molecule has 3 N–H and O–H groups in total. The van der Waals surface area contributed by atoms with Crippen LogP contribution in [0.4, 0.5) is 5.69 Å². The zero-order chi connectivity index (χ0) is 13.2. The first-order valence-corrected chi connectivity index (χ1v) is 6.67. The number of nitrogens with two attached hydrogens (primary N) is 1. The number of amides is 1. The van der Waals surface area contributed by atoms with E-state index >= 15 is 0 Å². The lowest BCUT2D eigenvalue weighted by molar-refractivity contribution is 0.0953. The number of nitrogen functional groups attached to an aromatic ring is 1. The molecule has 5 nitrogen and oxygen atoms in total. The lowest BCUT2D eigenvalue weighted by Gasteiger charge is -2.39. The van der Waals surface area contributed by atoms with E-state index in [1.165, 1.54) is 0 Å². The molecule has 1 amide bonds. The molecule has 3 heterocycles. The number of benzene rings is 1. The standard InChI is InChI=1S/C14H18N4O/c15-12-3-1-11(2-4-12)14(19)17-16-13-9-18-7-5-10(13)6-8-18/h1-4,10H,5-9,15H2,(H,17,19)/b16-13+. The first kappa shape index (κ1) is 12.2. The number of piperidine rings is 3. The maximum atomic E-state index is 11.9. The molecule has 0 aromatic heterocycles. The van der Waals surface area contributed by atoms with E-state index in [0.29, 0.717) is 17.2 Å². The van der Waals surface area contributed by atoms with E-state index in [0.717, 1.165) is 38.2 Å². The van der Waals surface area contributed by atoms with Gasteiger partial charge in [0.1, 0.15) is 0 Å². The summed E-state index contributed by atoms with van der Waals surface area (Å²) < 4.78 is 0. The van der Waals surface area contributed by atoms with Gasteiger partial charge in [0.05, 0.1) is 5.71 Å². The molecule has 3 fully saturated rings. The summed E-state index contributed by atoms with van der Waals surface area (Å²) >= 11 is 0. The average Bonchev–Trinajstić information content (AvgIpc) is 2.47. The zero-order valence-corrected chi connectivity index (χ0v) is 10.8. The van der Waals surface area contributed by atoms with E-state index < -0.39 is 0 Å². The van der Waals surface area contributed by atoms with Crippen molar-refractivity contribution in [3.8, 4) is 0 Å². The van der Waals surface area contributed by atoms with Gasteiger partial charge >= 0.3 is 0 Å². The third-order valence-corrected chi connectivity index (χ3v) is 3.92. The molecule has 4 rings (SSSR count). The van der Waals surface area contributed by atoms with Crippen LogP contribution < -0.4 is 11.2 Å². The lowest BCUT2D eigenvalue weighted by atomic mass is 9.87. The second kappa shape index (κ2) is 5.01. The van der Waals surface area contributed by atoms with Crippen molar-refractivity contribution < 1.29 is 4.79 Å². The Labute approximate surface area is 112 Å². The van der Waals surface area contributed by atoms with Crippen molar-refractivity contribution in [1.82, 2.24) is 10.3 Å². The number of nitrogens with one attached hydrogen (secondary N) is 1. The molecule has 0 radical (unpaired) electrons. The number of carbonyl (C=O) groups excluding carboxylic acids is 1. The fourth-order valence-electron chi connectivity index (χ4n) is 2.73. The summed E-state index contributed by atoms with van der Waals surface area (Å²) in [5.41, 5.74) is 10.6. The molecule has 5 heteroatoms. The zero-order valence-electron chi connectivity index (χ0n) is 10.8. The Balaban J connectivity index is 1.65. The number of fused-ring (bicyclic) bond motifs is 3. The molecule has 0 unspecified atom stereocenters. The average molecular weight is 258 g/mol. The van der Waals surface area contributed by atoms with Crippen LogP contribution in [0.15, 0.2) is 29.4 Å². The van der Waals surface area contributed by atoms with Crippen molar-refractivity contribution in [2.75, 3.05) is 25.4 Å². The van der Waals surface area contributed by atoms with Gasteiger partial charge in [-0.05, 0) is 50.2 Å². The Morgan fingerprint density at radius 2 is 1.95 bits per heavy atom. The highest BCUT2D eigenvalue weighted by Gasteiger charge is 2.30. The molecule has 19 heavy (non-hydrogen) atoms. The monoisotopic (exact) mass is 258 g/mol. The summed E-state index contributed by atoms with van der Waals surface area (Å²) in [6.07, 6.45) is 2.33.